The Labute approximate surface area is 112 Å². The lowest BCUT2D eigenvalue weighted by Gasteiger charge is -2.13. The number of carbonyl (C=O) groups excluding carboxylic acids is 2. The van der Waals surface area contributed by atoms with Gasteiger partial charge in [0.05, 0.1) is 14.2 Å². The van der Waals surface area contributed by atoms with Gasteiger partial charge in [-0.15, -0.1) is 0 Å². The van der Waals surface area contributed by atoms with Crippen molar-refractivity contribution in [2.75, 3.05) is 14.2 Å². The summed E-state index contributed by atoms with van der Waals surface area (Å²) in [4.78, 5) is 22.5. The van der Waals surface area contributed by atoms with Gasteiger partial charge in [-0.1, -0.05) is 17.7 Å². The number of benzene rings is 1. The summed E-state index contributed by atoms with van der Waals surface area (Å²) in [5.41, 5.74) is 2.99. The minimum atomic E-state index is -0.551. The molecule has 0 atom stereocenters. The molecule has 5 heteroatoms. The maximum Gasteiger partial charge on any atom is 0.315 e. The van der Waals surface area contributed by atoms with Crippen molar-refractivity contribution in [3.8, 4) is 5.75 Å². The monoisotopic (exact) mass is 265 g/mol. The van der Waals surface area contributed by atoms with Crippen LogP contribution in [0.5, 0.6) is 5.75 Å². The SMILES string of the molecule is COC(=O)CC(=O)NCc1cc(C)cc(C)c1OC. The van der Waals surface area contributed by atoms with Crippen molar-refractivity contribution in [3.05, 3.63) is 28.8 Å². The molecule has 0 unspecified atom stereocenters. The standard InChI is InChI=1S/C14H19NO4/c1-9-5-10(2)14(19-4)11(6-9)8-15-12(16)7-13(17)18-3/h5-6H,7-8H2,1-4H3,(H,15,16). The van der Waals surface area contributed by atoms with Gasteiger partial charge in [0.2, 0.25) is 5.91 Å². The Morgan fingerprint density at radius 2 is 1.89 bits per heavy atom. The molecule has 1 aromatic carbocycles. The first kappa shape index (κ1) is 15.0. The first-order valence-electron chi connectivity index (χ1n) is 5.95. The lowest BCUT2D eigenvalue weighted by atomic mass is 10.1. The maximum absolute atomic E-state index is 11.5. The summed E-state index contributed by atoms with van der Waals surface area (Å²) < 4.78 is 9.75. The number of amides is 1. The van der Waals surface area contributed by atoms with Gasteiger partial charge in [0.15, 0.2) is 0 Å². The molecule has 0 aromatic heterocycles. The van der Waals surface area contributed by atoms with E-state index in [4.69, 9.17) is 4.74 Å². The Morgan fingerprint density at radius 3 is 2.47 bits per heavy atom. The fourth-order valence-electron chi connectivity index (χ4n) is 1.93. The van der Waals surface area contributed by atoms with Crippen molar-refractivity contribution in [3.63, 3.8) is 0 Å². The summed E-state index contributed by atoms with van der Waals surface area (Å²) >= 11 is 0. The maximum atomic E-state index is 11.5. The van der Waals surface area contributed by atoms with Crippen LogP contribution in [0.3, 0.4) is 0 Å². The van der Waals surface area contributed by atoms with E-state index in [-0.39, 0.29) is 12.3 Å². The van der Waals surface area contributed by atoms with Crippen LogP contribution in [0.1, 0.15) is 23.1 Å². The van der Waals surface area contributed by atoms with Gasteiger partial charge in [-0.05, 0) is 19.4 Å². The predicted octanol–water partition coefficient (Wildman–Crippen LogP) is 1.49. The van der Waals surface area contributed by atoms with Crippen LogP contribution in [0.15, 0.2) is 12.1 Å². The molecule has 0 saturated carbocycles. The third kappa shape index (κ3) is 4.28. The molecule has 0 bridgehead atoms. The largest absolute Gasteiger partial charge is 0.496 e. The first-order valence-corrected chi connectivity index (χ1v) is 5.95. The number of hydrogen-bond acceptors (Lipinski definition) is 4. The number of methoxy groups -OCH3 is 2. The van der Waals surface area contributed by atoms with Crippen molar-refractivity contribution < 1.29 is 19.1 Å². The third-order valence-electron chi connectivity index (χ3n) is 2.71. The molecule has 0 radical (unpaired) electrons. The first-order chi connectivity index (χ1) is 8.97. The van der Waals surface area contributed by atoms with Crippen LogP contribution in [0.25, 0.3) is 0 Å². The zero-order chi connectivity index (χ0) is 14.4. The highest BCUT2D eigenvalue weighted by Crippen LogP contribution is 2.24. The Hall–Kier alpha value is -2.04. The minimum Gasteiger partial charge on any atom is -0.496 e. The van der Waals surface area contributed by atoms with Crippen LogP contribution < -0.4 is 10.1 Å². The van der Waals surface area contributed by atoms with Crippen LogP contribution in [-0.2, 0) is 20.9 Å². The van der Waals surface area contributed by atoms with Crippen LogP contribution in [0, 0.1) is 13.8 Å². The fraction of sp³-hybridized carbons (Fsp3) is 0.429. The van der Waals surface area contributed by atoms with Crippen LogP contribution in [0.4, 0.5) is 0 Å². The summed E-state index contributed by atoms with van der Waals surface area (Å²) in [6.07, 6.45) is -0.274. The van der Waals surface area contributed by atoms with Crippen molar-refractivity contribution in [2.45, 2.75) is 26.8 Å². The number of nitrogens with one attached hydrogen (secondary N) is 1. The molecule has 1 amide bonds. The van der Waals surface area contributed by atoms with E-state index in [1.54, 1.807) is 7.11 Å². The highest BCUT2D eigenvalue weighted by atomic mass is 16.5. The molecule has 0 spiro atoms. The summed E-state index contributed by atoms with van der Waals surface area (Å²) in [6.45, 7) is 4.25. The lowest BCUT2D eigenvalue weighted by Crippen LogP contribution is -2.26. The van der Waals surface area contributed by atoms with Gasteiger partial charge < -0.3 is 14.8 Å². The molecule has 1 rings (SSSR count). The van der Waals surface area contributed by atoms with Crippen LogP contribution >= 0.6 is 0 Å². The molecule has 0 fully saturated rings. The van der Waals surface area contributed by atoms with Crippen molar-refractivity contribution >= 4 is 11.9 Å². The van der Waals surface area contributed by atoms with Crippen molar-refractivity contribution in [1.82, 2.24) is 5.32 Å². The van der Waals surface area contributed by atoms with E-state index in [1.807, 2.05) is 26.0 Å². The Morgan fingerprint density at radius 1 is 1.21 bits per heavy atom. The van der Waals surface area contributed by atoms with Crippen LogP contribution in [0.2, 0.25) is 0 Å². The molecule has 0 saturated heterocycles. The zero-order valence-electron chi connectivity index (χ0n) is 11.7. The normalized spacial score (nSPS) is 9.89. The second kappa shape index (κ2) is 6.78. The number of hydrogen-bond donors (Lipinski definition) is 1. The van der Waals surface area contributed by atoms with E-state index < -0.39 is 5.97 Å². The summed E-state index contributed by atoms with van der Waals surface area (Å²) in [5.74, 6) is -0.165. The predicted molar refractivity (Wildman–Crippen MR) is 70.9 cm³/mol. The highest BCUT2D eigenvalue weighted by Gasteiger charge is 2.11. The molecular formula is C14H19NO4. The van der Waals surface area contributed by atoms with E-state index in [2.05, 4.69) is 10.1 Å². The lowest BCUT2D eigenvalue weighted by molar-refractivity contribution is -0.143. The Balaban J connectivity index is 2.72. The summed E-state index contributed by atoms with van der Waals surface area (Å²) in [5, 5.41) is 2.67. The molecule has 0 aliphatic carbocycles. The minimum absolute atomic E-state index is 0.274. The van der Waals surface area contributed by atoms with E-state index in [0.29, 0.717) is 6.54 Å². The molecule has 0 heterocycles. The summed E-state index contributed by atoms with van der Waals surface area (Å²) in [7, 11) is 2.85. The second-order valence-electron chi connectivity index (χ2n) is 4.30. The summed E-state index contributed by atoms with van der Waals surface area (Å²) in [6, 6.07) is 3.96. The molecule has 1 aromatic rings. The molecule has 0 aliphatic heterocycles. The highest BCUT2D eigenvalue weighted by molar-refractivity contribution is 5.94. The number of ether oxygens (including phenoxy) is 2. The second-order valence-corrected chi connectivity index (χ2v) is 4.30. The fourth-order valence-corrected chi connectivity index (χ4v) is 1.93. The molecule has 19 heavy (non-hydrogen) atoms. The average molecular weight is 265 g/mol. The van der Waals surface area contributed by atoms with Gasteiger partial charge in [0, 0.05) is 12.1 Å². The van der Waals surface area contributed by atoms with Gasteiger partial charge in [0.1, 0.15) is 12.2 Å². The topological polar surface area (TPSA) is 64.6 Å². The average Bonchev–Trinajstić information content (AvgIpc) is 2.35. The van der Waals surface area contributed by atoms with E-state index in [0.717, 1.165) is 22.4 Å². The van der Waals surface area contributed by atoms with E-state index >= 15 is 0 Å². The number of carbonyl (C=O) groups is 2. The molecule has 5 nitrogen and oxygen atoms in total. The van der Waals surface area contributed by atoms with Crippen molar-refractivity contribution in [2.24, 2.45) is 0 Å². The van der Waals surface area contributed by atoms with Crippen LogP contribution in [-0.4, -0.2) is 26.1 Å². The van der Waals surface area contributed by atoms with E-state index in [1.165, 1.54) is 7.11 Å². The molecule has 104 valence electrons. The third-order valence-corrected chi connectivity index (χ3v) is 2.71. The quantitative estimate of drug-likeness (QED) is 0.647. The molecular weight excluding hydrogens is 246 g/mol. The van der Waals surface area contributed by atoms with Gasteiger partial charge in [-0.2, -0.15) is 0 Å². The van der Waals surface area contributed by atoms with Gasteiger partial charge in [-0.25, -0.2) is 0 Å². The van der Waals surface area contributed by atoms with Gasteiger partial charge in [-0.3, -0.25) is 9.59 Å². The molecule has 0 aliphatic rings. The number of esters is 1. The van der Waals surface area contributed by atoms with Gasteiger partial charge >= 0.3 is 5.97 Å². The molecule has 1 N–H and O–H groups in total. The Kier molecular flexibility index (Phi) is 5.36. The zero-order valence-corrected chi connectivity index (χ0v) is 11.7. The van der Waals surface area contributed by atoms with Gasteiger partial charge in [0.25, 0.3) is 0 Å². The van der Waals surface area contributed by atoms with E-state index in [9.17, 15) is 9.59 Å². The smallest absolute Gasteiger partial charge is 0.315 e. The number of aryl methyl sites for hydroxylation is 2. The Bertz CT molecular complexity index is 483. The van der Waals surface area contributed by atoms with Crippen molar-refractivity contribution in [1.29, 1.82) is 0 Å². The number of rotatable bonds is 5.